The average Bonchev–Trinajstić information content (AvgIpc) is 1.61. The second-order valence-electron chi connectivity index (χ2n) is 1.15. The van der Waals surface area contributed by atoms with Crippen LogP contribution >= 0.6 is 0 Å². The van der Waals surface area contributed by atoms with E-state index in [0.717, 1.165) is 0 Å². The Bertz CT molecular complexity index is 17.5. The molecule has 0 aromatic heterocycles. The predicted molar refractivity (Wildman–Crippen MR) is 30.4 cm³/mol. The molecule has 0 aliphatic heterocycles. The van der Waals surface area contributed by atoms with E-state index in [1.54, 1.807) is 49.4 Å². The van der Waals surface area contributed by atoms with Crippen molar-refractivity contribution in [1.29, 1.82) is 0 Å². The van der Waals surface area contributed by atoms with E-state index in [0.29, 0.717) is 0 Å². The number of rotatable bonds is 3. The SMILES string of the molecule is [Bi][CH2]CC[CH2][Bi]. The first-order valence-corrected chi connectivity index (χ1v) is 7.05. The molecule has 0 aromatic rings. The first-order chi connectivity index (χ1) is 2.91. The van der Waals surface area contributed by atoms with Crippen LogP contribution in [0.1, 0.15) is 12.8 Å². The Hall–Kier alpha value is 1.77. The Morgan fingerprint density at radius 2 is 1.17 bits per heavy atom. The van der Waals surface area contributed by atoms with Crippen LogP contribution < -0.4 is 0 Å². The van der Waals surface area contributed by atoms with Gasteiger partial charge in [-0.05, 0) is 0 Å². The van der Waals surface area contributed by atoms with Crippen LogP contribution in [0.4, 0.5) is 0 Å². The van der Waals surface area contributed by atoms with E-state index in [1.807, 2.05) is 0 Å². The van der Waals surface area contributed by atoms with Crippen LogP contribution in [-0.4, -0.2) is 49.4 Å². The van der Waals surface area contributed by atoms with Crippen molar-refractivity contribution >= 4 is 49.4 Å². The third kappa shape index (κ3) is 5.77. The topological polar surface area (TPSA) is 0 Å². The Morgan fingerprint density at radius 1 is 0.833 bits per heavy atom. The molecule has 0 aliphatic rings. The van der Waals surface area contributed by atoms with Gasteiger partial charge in [0.25, 0.3) is 0 Å². The molecule has 0 aromatic carbocycles. The molecule has 0 spiro atoms. The molecule has 0 bridgehead atoms. The molecule has 34 valence electrons. The van der Waals surface area contributed by atoms with Gasteiger partial charge in [0, 0.05) is 0 Å². The predicted octanol–water partition coefficient (Wildman–Crippen LogP) is 0.940. The molecule has 0 aliphatic carbocycles. The summed E-state index contributed by atoms with van der Waals surface area (Å²) in [5.74, 6) is 0. The van der Waals surface area contributed by atoms with Crippen molar-refractivity contribution in [3.63, 3.8) is 0 Å². The van der Waals surface area contributed by atoms with Crippen molar-refractivity contribution < 1.29 is 0 Å². The fourth-order valence-electron chi connectivity index (χ4n) is 0.224. The second kappa shape index (κ2) is 6.77. The molecule has 0 N–H and O–H groups in total. The van der Waals surface area contributed by atoms with Crippen LogP contribution in [-0.2, 0) is 0 Å². The second-order valence-corrected chi connectivity index (χ2v) is 4.63. The zero-order chi connectivity index (χ0) is 4.83. The third-order valence-electron chi connectivity index (χ3n) is 0.566. The summed E-state index contributed by atoms with van der Waals surface area (Å²) in [6.07, 6.45) is 2.98. The minimum atomic E-state index is 1.48. The van der Waals surface area contributed by atoms with Crippen LogP contribution in [0.5, 0.6) is 0 Å². The Balaban J connectivity index is 2.34. The van der Waals surface area contributed by atoms with E-state index in [1.165, 1.54) is 21.1 Å². The average molecular weight is 474 g/mol. The summed E-state index contributed by atoms with van der Waals surface area (Å²) in [5, 5.41) is 0. The van der Waals surface area contributed by atoms with Crippen LogP contribution in [0.3, 0.4) is 0 Å². The Kier molecular flexibility index (Phi) is 8.76. The first-order valence-electron chi connectivity index (χ1n) is 2.13. The van der Waals surface area contributed by atoms with Gasteiger partial charge in [-0.15, -0.1) is 0 Å². The normalized spacial score (nSPS) is 9.00. The summed E-state index contributed by atoms with van der Waals surface area (Å²) in [6, 6.07) is 0. The zero-order valence-corrected chi connectivity index (χ0v) is 10.7. The molecular formula is C4H8Bi2. The van der Waals surface area contributed by atoms with E-state index < -0.39 is 0 Å². The van der Waals surface area contributed by atoms with Gasteiger partial charge in [0.15, 0.2) is 0 Å². The monoisotopic (exact) mass is 474 g/mol. The summed E-state index contributed by atoms with van der Waals surface area (Å²) in [6.45, 7) is 0. The molecule has 0 unspecified atom stereocenters. The molecule has 0 saturated heterocycles. The van der Waals surface area contributed by atoms with Crippen molar-refractivity contribution in [2.24, 2.45) is 0 Å². The van der Waals surface area contributed by atoms with E-state index in [9.17, 15) is 0 Å². The fourth-order valence-corrected chi connectivity index (χ4v) is 1.96. The summed E-state index contributed by atoms with van der Waals surface area (Å²) >= 11 is 3.16. The molecular weight excluding hydrogens is 466 g/mol. The maximum atomic E-state index is 1.58. The molecule has 2 heteroatoms. The maximum absolute atomic E-state index is 1.58. The molecule has 0 rings (SSSR count). The molecule has 0 fully saturated rings. The third-order valence-corrected chi connectivity index (χ3v) is 3.02. The van der Waals surface area contributed by atoms with Crippen molar-refractivity contribution in [3.8, 4) is 0 Å². The molecule has 0 atom stereocenters. The minimum absolute atomic E-state index is 1.48. The van der Waals surface area contributed by atoms with Crippen LogP contribution in [0, 0.1) is 0 Å². The molecule has 0 saturated carbocycles. The fraction of sp³-hybridized carbons (Fsp3) is 1.00. The molecule has 6 heavy (non-hydrogen) atoms. The van der Waals surface area contributed by atoms with Gasteiger partial charge in [-0.3, -0.25) is 0 Å². The van der Waals surface area contributed by atoms with Gasteiger partial charge in [0.1, 0.15) is 0 Å². The van der Waals surface area contributed by atoms with Crippen LogP contribution in [0.2, 0.25) is 8.26 Å². The van der Waals surface area contributed by atoms with Gasteiger partial charge >= 0.3 is 70.5 Å². The number of hydrogen-bond acceptors (Lipinski definition) is 0. The van der Waals surface area contributed by atoms with Gasteiger partial charge in [0.05, 0.1) is 0 Å². The zero-order valence-electron chi connectivity index (χ0n) is 3.72. The standard InChI is InChI=1S/C4H8.2Bi/c1-3-4-2;;/h1-4H2;;. The summed E-state index contributed by atoms with van der Waals surface area (Å²) in [4.78, 5) is 0. The first kappa shape index (κ1) is 7.77. The van der Waals surface area contributed by atoms with E-state index in [4.69, 9.17) is 0 Å². The van der Waals surface area contributed by atoms with Crippen molar-refractivity contribution in [2.75, 3.05) is 0 Å². The van der Waals surface area contributed by atoms with E-state index in [2.05, 4.69) is 0 Å². The van der Waals surface area contributed by atoms with Crippen LogP contribution in [0.25, 0.3) is 0 Å². The van der Waals surface area contributed by atoms with Gasteiger partial charge in [-0.2, -0.15) is 0 Å². The van der Waals surface area contributed by atoms with Gasteiger partial charge in [-0.1, -0.05) is 0 Å². The summed E-state index contributed by atoms with van der Waals surface area (Å²) < 4.78 is 2.97. The van der Waals surface area contributed by atoms with Gasteiger partial charge < -0.3 is 0 Å². The molecule has 0 nitrogen and oxygen atoms in total. The van der Waals surface area contributed by atoms with Crippen molar-refractivity contribution in [3.05, 3.63) is 0 Å². The van der Waals surface area contributed by atoms with Crippen molar-refractivity contribution in [1.82, 2.24) is 0 Å². The van der Waals surface area contributed by atoms with Gasteiger partial charge in [-0.25, -0.2) is 0 Å². The molecule has 0 amide bonds. The molecule has 4 radical (unpaired) electrons. The Morgan fingerprint density at radius 3 is 1.33 bits per heavy atom. The molecule has 0 heterocycles. The van der Waals surface area contributed by atoms with Crippen molar-refractivity contribution in [2.45, 2.75) is 21.1 Å². The van der Waals surface area contributed by atoms with Gasteiger partial charge in [0.2, 0.25) is 0 Å². The summed E-state index contributed by atoms with van der Waals surface area (Å²) in [7, 11) is 0. The quantitative estimate of drug-likeness (QED) is 0.423. The Labute approximate surface area is 69.8 Å². The number of unbranched alkanes of at least 4 members (excludes halogenated alkanes) is 1. The summed E-state index contributed by atoms with van der Waals surface area (Å²) in [5.41, 5.74) is 0. The van der Waals surface area contributed by atoms with E-state index in [-0.39, 0.29) is 0 Å². The number of hydrogen-bond donors (Lipinski definition) is 0. The van der Waals surface area contributed by atoms with Crippen LogP contribution in [0.15, 0.2) is 0 Å². The van der Waals surface area contributed by atoms with E-state index >= 15 is 0 Å².